The van der Waals surface area contributed by atoms with E-state index >= 15 is 0 Å². The van der Waals surface area contributed by atoms with Crippen molar-refractivity contribution in [2.24, 2.45) is 11.7 Å². The highest BCUT2D eigenvalue weighted by molar-refractivity contribution is 5.90. The molecule has 0 unspecified atom stereocenters. The molecule has 1 fully saturated rings. The lowest BCUT2D eigenvalue weighted by molar-refractivity contribution is -0.373. The number of aryl methyl sites for hydroxylation is 1. The molecule has 0 spiro atoms. The number of carboxylic acids is 1. The molecule has 0 bridgehead atoms. The number of fused-ring (bicyclic) bond motifs is 6. The summed E-state index contributed by atoms with van der Waals surface area (Å²) in [4.78, 5) is 35.0. The molecule has 0 aromatic heterocycles. The fourth-order valence-electron chi connectivity index (χ4n) is 7.86. The van der Waals surface area contributed by atoms with E-state index in [1.165, 1.54) is 0 Å². The molecule has 0 radical (unpaired) electrons. The van der Waals surface area contributed by atoms with E-state index in [9.17, 15) is 24.9 Å². The molecule has 4 aliphatic heterocycles. The standard InChI is InChI=1S/C42H52N2O15/c1-5-21-7-22(10-25(45)9-21)8-23-11-31-27(39-29(17-51-31)26-12-32-40(55-19-54-32)28(6-20(2)3)38(26)57-39)13-30(23)58-59-41-37(50)36(49)33(18-52-35(48)14-34(46)47)56-42(41)53-16-24(43)15-44-4/h7,9-13,20,24,29,33,36-37,39,41-42,44-45,49-50H,5-6,8,14-19,43H2,1-4H3,(H,46,47)/t24-,29-,33-,36-,37+,39+,41+,42-/m1/s1. The van der Waals surface area contributed by atoms with Crippen LogP contribution in [0.1, 0.15) is 72.6 Å². The van der Waals surface area contributed by atoms with Gasteiger partial charge in [0.15, 0.2) is 29.6 Å². The van der Waals surface area contributed by atoms with Gasteiger partial charge in [-0.25, -0.2) is 0 Å². The Morgan fingerprint density at radius 2 is 1.78 bits per heavy atom. The second-order valence-electron chi connectivity index (χ2n) is 15.7. The number of aliphatic hydroxyl groups excluding tert-OH is 2. The third kappa shape index (κ3) is 9.31. The first-order valence-corrected chi connectivity index (χ1v) is 19.8. The monoisotopic (exact) mass is 824 g/mol. The minimum absolute atomic E-state index is 0.0718. The summed E-state index contributed by atoms with van der Waals surface area (Å²) >= 11 is 0. The third-order valence-corrected chi connectivity index (χ3v) is 10.7. The van der Waals surface area contributed by atoms with Gasteiger partial charge in [0.1, 0.15) is 54.7 Å². The summed E-state index contributed by atoms with van der Waals surface area (Å²) in [6.45, 7) is 6.43. The second kappa shape index (κ2) is 18.2. The van der Waals surface area contributed by atoms with Crippen molar-refractivity contribution >= 4 is 11.9 Å². The lowest BCUT2D eigenvalue weighted by atomic mass is 9.86. The number of phenolic OH excluding ortho intramolecular Hbond substituents is 1. The van der Waals surface area contributed by atoms with E-state index in [1.807, 2.05) is 25.1 Å². The van der Waals surface area contributed by atoms with Gasteiger partial charge in [-0.15, -0.1) is 0 Å². The van der Waals surface area contributed by atoms with E-state index < -0.39 is 67.8 Å². The Morgan fingerprint density at radius 3 is 2.53 bits per heavy atom. The molecule has 7 N–H and O–H groups in total. The zero-order chi connectivity index (χ0) is 42.0. The van der Waals surface area contributed by atoms with Gasteiger partial charge in [-0.1, -0.05) is 26.8 Å². The number of hydrogen-bond donors (Lipinski definition) is 6. The number of carbonyl (C=O) groups is 2. The van der Waals surface area contributed by atoms with Crippen LogP contribution in [-0.2, 0) is 47.9 Å². The Bertz CT molecular complexity index is 2010. The van der Waals surface area contributed by atoms with Crippen molar-refractivity contribution in [3.63, 3.8) is 0 Å². The van der Waals surface area contributed by atoms with Gasteiger partial charge < -0.3 is 69.5 Å². The van der Waals surface area contributed by atoms with Gasteiger partial charge in [-0.05, 0) is 67.3 Å². The summed E-state index contributed by atoms with van der Waals surface area (Å²) in [5.41, 5.74) is 11.1. The van der Waals surface area contributed by atoms with Crippen LogP contribution in [0.3, 0.4) is 0 Å². The second-order valence-corrected chi connectivity index (χ2v) is 15.7. The number of rotatable bonds is 17. The van der Waals surface area contributed by atoms with E-state index in [1.54, 1.807) is 25.2 Å². The molecule has 59 heavy (non-hydrogen) atoms. The van der Waals surface area contributed by atoms with Crippen LogP contribution >= 0.6 is 0 Å². The maximum atomic E-state index is 12.0. The lowest BCUT2D eigenvalue weighted by Crippen LogP contribution is -2.61. The Balaban J connectivity index is 1.20. The minimum atomic E-state index is -1.71. The first-order valence-electron chi connectivity index (χ1n) is 19.8. The molecule has 4 aliphatic rings. The average molecular weight is 825 g/mol. The van der Waals surface area contributed by atoms with Gasteiger partial charge in [-0.3, -0.25) is 9.59 Å². The predicted molar refractivity (Wildman–Crippen MR) is 207 cm³/mol. The number of ether oxygens (including phenoxy) is 7. The van der Waals surface area contributed by atoms with Crippen LogP contribution in [0.5, 0.6) is 34.5 Å². The number of nitrogens with one attached hydrogen (secondary N) is 1. The van der Waals surface area contributed by atoms with Crippen molar-refractivity contribution < 1.29 is 72.9 Å². The quantitative estimate of drug-likeness (QED) is 0.0497. The molecule has 17 heteroatoms. The number of carbonyl (C=O) groups excluding carboxylic acids is 1. The summed E-state index contributed by atoms with van der Waals surface area (Å²) < 4.78 is 41.9. The van der Waals surface area contributed by atoms with Gasteiger partial charge in [0.2, 0.25) is 6.79 Å². The van der Waals surface area contributed by atoms with Crippen molar-refractivity contribution in [3.8, 4) is 34.5 Å². The molecule has 1 saturated heterocycles. The maximum Gasteiger partial charge on any atom is 0.317 e. The van der Waals surface area contributed by atoms with Gasteiger partial charge in [0.05, 0.1) is 19.1 Å². The molecule has 0 saturated carbocycles. The van der Waals surface area contributed by atoms with Crippen LogP contribution < -0.4 is 34.9 Å². The number of benzene rings is 3. The van der Waals surface area contributed by atoms with Crippen LogP contribution in [0.15, 0.2) is 36.4 Å². The summed E-state index contributed by atoms with van der Waals surface area (Å²) in [6.07, 6.45) is -7.27. The fraction of sp³-hybridized carbons (Fsp3) is 0.524. The van der Waals surface area contributed by atoms with Crippen LogP contribution in [0, 0.1) is 5.92 Å². The van der Waals surface area contributed by atoms with Crippen molar-refractivity contribution in [2.45, 2.75) is 95.2 Å². The first-order chi connectivity index (χ1) is 28.3. The van der Waals surface area contributed by atoms with Crippen LogP contribution in [-0.4, -0.2) is 109 Å². The minimum Gasteiger partial charge on any atom is -0.508 e. The number of likely N-dealkylation sites (N-methyl/N-ethyl adjacent to an activating group) is 1. The van der Waals surface area contributed by atoms with Crippen LogP contribution in [0.2, 0.25) is 0 Å². The normalized spacial score (nSPS) is 24.4. The number of nitrogens with two attached hydrogens (primary N) is 1. The van der Waals surface area contributed by atoms with Gasteiger partial charge in [0.25, 0.3) is 0 Å². The van der Waals surface area contributed by atoms with Gasteiger partial charge in [0, 0.05) is 41.3 Å². The van der Waals surface area contributed by atoms with Crippen LogP contribution in [0.25, 0.3) is 0 Å². The van der Waals surface area contributed by atoms with E-state index in [-0.39, 0.29) is 37.2 Å². The zero-order valence-corrected chi connectivity index (χ0v) is 33.4. The molecule has 8 atom stereocenters. The highest BCUT2D eigenvalue weighted by atomic mass is 17.2. The van der Waals surface area contributed by atoms with E-state index in [2.05, 4.69) is 19.2 Å². The largest absolute Gasteiger partial charge is 0.508 e. The molecular weight excluding hydrogens is 772 g/mol. The molecule has 3 aromatic carbocycles. The summed E-state index contributed by atoms with van der Waals surface area (Å²) in [7, 11) is 1.72. The number of carboxylic acid groups (broad SMARTS) is 1. The number of aliphatic hydroxyl groups is 2. The molecule has 320 valence electrons. The lowest BCUT2D eigenvalue weighted by Gasteiger charge is -2.41. The predicted octanol–water partition coefficient (Wildman–Crippen LogP) is 2.79. The van der Waals surface area contributed by atoms with Crippen molar-refractivity contribution in [3.05, 3.63) is 69.8 Å². The highest BCUT2D eigenvalue weighted by Crippen LogP contribution is 2.57. The summed E-state index contributed by atoms with van der Waals surface area (Å²) in [5, 5.41) is 45.0. The summed E-state index contributed by atoms with van der Waals surface area (Å²) in [5.74, 6) is 0.654. The number of hydrogen-bond acceptors (Lipinski definition) is 16. The average Bonchev–Trinajstić information content (AvgIpc) is 3.82. The Kier molecular flexibility index (Phi) is 13.0. The zero-order valence-electron chi connectivity index (χ0n) is 33.4. The van der Waals surface area contributed by atoms with Crippen molar-refractivity contribution in [1.82, 2.24) is 5.32 Å². The molecule has 0 aliphatic carbocycles. The van der Waals surface area contributed by atoms with E-state index in [4.69, 9.17) is 53.8 Å². The van der Waals surface area contributed by atoms with Crippen LogP contribution in [0.4, 0.5) is 0 Å². The number of aromatic hydroxyl groups is 1. The van der Waals surface area contributed by atoms with Crippen molar-refractivity contribution in [2.75, 3.05) is 40.2 Å². The number of esters is 1. The Morgan fingerprint density at radius 1 is 0.983 bits per heavy atom. The van der Waals surface area contributed by atoms with E-state index in [0.717, 1.165) is 28.0 Å². The van der Waals surface area contributed by atoms with E-state index in [0.29, 0.717) is 60.3 Å². The molecule has 4 heterocycles. The topological polar surface area (TPSA) is 236 Å². The molecule has 0 amide bonds. The third-order valence-electron chi connectivity index (χ3n) is 10.7. The first kappa shape index (κ1) is 42.3. The Hall–Kier alpha value is -4.88. The fourth-order valence-corrected chi connectivity index (χ4v) is 7.86. The number of aliphatic carboxylic acids is 1. The highest BCUT2D eigenvalue weighted by Gasteiger charge is 2.49. The molecule has 17 nitrogen and oxygen atoms in total. The smallest absolute Gasteiger partial charge is 0.317 e. The van der Waals surface area contributed by atoms with Gasteiger partial charge >= 0.3 is 11.9 Å². The summed E-state index contributed by atoms with van der Waals surface area (Å²) in [6, 6.07) is 10.4. The van der Waals surface area contributed by atoms with Gasteiger partial charge in [-0.2, -0.15) is 4.89 Å². The molecule has 3 aromatic rings. The maximum absolute atomic E-state index is 12.0. The van der Waals surface area contributed by atoms with Crippen molar-refractivity contribution in [1.29, 1.82) is 0 Å². The Labute approximate surface area is 341 Å². The SMILES string of the molecule is CCc1cc(O)cc(Cc2cc3c(cc2OO[C@@H]2[C@H](OC[C@H](N)CNC)O[C@H](COC(=O)CC(=O)O)[C@@H](O)[C@@H]2O)[C@@H]2Oc4c(cc5c(c4CC(C)C)OCO5)[C@H]2CO3)c1. The molecular formula is C42H52N2O15. The number of phenols is 1. The molecule has 7 rings (SSSR count).